The minimum absolute atomic E-state index is 0.0550. The molecule has 0 aromatic rings. The summed E-state index contributed by atoms with van der Waals surface area (Å²) in [5.41, 5.74) is -0.399. The Hall–Kier alpha value is -1.50. The lowest BCUT2D eigenvalue weighted by atomic mass is 9.59. The van der Waals surface area contributed by atoms with Crippen molar-refractivity contribution in [2.75, 3.05) is 0 Å². The van der Waals surface area contributed by atoms with Gasteiger partial charge in [0.05, 0.1) is 0 Å². The molecule has 2 fully saturated rings. The van der Waals surface area contributed by atoms with E-state index in [1.807, 2.05) is 6.92 Å². The van der Waals surface area contributed by atoms with E-state index in [0.717, 1.165) is 12.8 Å². The largest absolute Gasteiger partial charge is 0.481 e. The number of ether oxygens (including phenoxy) is 1. The van der Waals surface area contributed by atoms with Gasteiger partial charge in [0.2, 0.25) is 0 Å². The van der Waals surface area contributed by atoms with Crippen molar-refractivity contribution in [1.29, 1.82) is 0 Å². The molecule has 4 atom stereocenters. The van der Waals surface area contributed by atoms with E-state index in [4.69, 9.17) is 16.3 Å². The van der Waals surface area contributed by atoms with Crippen LogP contribution in [0.5, 0.6) is 0 Å². The van der Waals surface area contributed by atoms with Gasteiger partial charge in [-0.25, -0.2) is 0 Å². The second-order valence-corrected chi connectivity index (χ2v) is 5.54. The molecule has 2 aliphatic rings. The molecule has 1 aliphatic carbocycles. The number of carboxylic acid groups (broad SMARTS) is 1. The first kappa shape index (κ1) is 12.9. The van der Waals surface area contributed by atoms with Crippen molar-refractivity contribution in [1.82, 2.24) is 0 Å². The third kappa shape index (κ3) is 2.22. The van der Waals surface area contributed by atoms with E-state index in [9.17, 15) is 9.59 Å². The average Bonchev–Trinajstić information content (AvgIpc) is 2.32. The first-order chi connectivity index (χ1) is 8.46. The third-order valence-corrected chi connectivity index (χ3v) is 4.45. The van der Waals surface area contributed by atoms with E-state index >= 15 is 0 Å². The number of carbonyl (C=O) groups is 2. The molecule has 1 saturated heterocycles. The molecule has 1 saturated carbocycles. The second-order valence-electron chi connectivity index (χ2n) is 5.54. The molecule has 98 valence electrons. The van der Waals surface area contributed by atoms with Crippen LogP contribution in [-0.4, -0.2) is 23.1 Å². The zero-order valence-electron chi connectivity index (χ0n) is 10.5. The zero-order valence-corrected chi connectivity index (χ0v) is 10.5. The molecular weight excluding hydrogens is 232 g/mol. The number of fused-ring (bicyclic) bond motifs is 1. The molecule has 0 spiro atoms. The maximum atomic E-state index is 11.3. The van der Waals surface area contributed by atoms with Crippen LogP contribution in [0.3, 0.4) is 0 Å². The molecule has 4 nitrogen and oxygen atoms in total. The van der Waals surface area contributed by atoms with Gasteiger partial charge < -0.3 is 9.84 Å². The van der Waals surface area contributed by atoms with E-state index < -0.39 is 11.4 Å². The minimum Gasteiger partial charge on any atom is -0.481 e. The first-order valence-electron chi connectivity index (χ1n) is 6.35. The number of hydrogen-bond donors (Lipinski definition) is 1. The number of carboxylic acids is 1. The predicted molar refractivity (Wildman–Crippen MR) is 64.5 cm³/mol. The molecule has 2 rings (SSSR count). The predicted octanol–water partition coefficient (Wildman–Crippen LogP) is 1.83. The van der Waals surface area contributed by atoms with Gasteiger partial charge in [-0.15, -0.1) is 6.42 Å². The molecule has 1 aliphatic heterocycles. The second kappa shape index (κ2) is 4.64. The quantitative estimate of drug-likeness (QED) is 0.600. The van der Waals surface area contributed by atoms with Crippen molar-refractivity contribution in [3.63, 3.8) is 0 Å². The third-order valence-electron chi connectivity index (χ3n) is 4.45. The van der Waals surface area contributed by atoms with Crippen molar-refractivity contribution in [3.8, 4) is 12.3 Å². The summed E-state index contributed by atoms with van der Waals surface area (Å²) >= 11 is 0. The summed E-state index contributed by atoms with van der Waals surface area (Å²) in [6, 6.07) is 0. The van der Waals surface area contributed by atoms with E-state index in [-0.39, 0.29) is 30.3 Å². The molecule has 0 bridgehead atoms. The normalized spacial score (nSPS) is 39.3. The number of aliphatic carboxylic acids is 1. The Morgan fingerprint density at radius 3 is 2.94 bits per heavy atom. The van der Waals surface area contributed by atoms with Crippen LogP contribution in [0, 0.1) is 29.6 Å². The molecule has 4 heteroatoms. The van der Waals surface area contributed by atoms with Gasteiger partial charge >= 0.3 is 11.9 Å². The van der Waals surface area contributed by atoms with Gasteiger partial charge in [0.15, 0.2) is 0 Å². The topological polar surface area (TPSA) is 63.6 Å². The summed E-state index contributed by atoms with van der Waals surface area (Å²) in [4.78, 5) is 22.3. The standard InChI is InChI=1S/C14H18O4/c1-3-14(2)7-6-11-9(4-5-13(17)18-11)10(14)8-12(15)16/h1,9-11H,4-8H2,2H3,(H,15,16)/t9-,10-,11+,14-/m0/s1. The Kier molecular flexibility index (Phi) is 3.34. The molecular formula is C14H18O4. The maximum Gasteiger partial charge on any atom is 0.306 e. The summed E-state index contributed by atoms with van der Waals surface area (Å²) in [6.07, 6.45) is 8.04. The highest BCUT2D eigenvalue weighted by Crippen LogP contribution is 2.49. The molecule has 0 radical (unpaired) electrons. The summed E-state index contributed by atoms with van der Waals surface area (Å²) in [5.74, 6) is 1.76. The molecule has 0 unspecified atom stereocenters. The Bertz CT molecular complexity index is 409. The molecule has 0 aromatic carbocycles. The van der Waals surface area contributed by atoms with Crippen molar-refractivity contribution in [3.05, 3.63) is 0 Å². The fourth-order valence-electron chi connectivity index (χ4n) is 3.36. The number of carbonyl (C=O) groups excluding carboxylic acids is 1. The molecule has 1 heterocycles. The van der Waals surface area contributed by atoms with Gasteiger partial charge in [-0.1, -0.05) is 5.92 Å². The van der Waals surface area contributed by atoms with E-state index in [1.54, 1.807) is 0 Å². The smallest absolute Gasteiger partial charge is 0.306 e. The molecule has 1 N–H and O–H groups in total. The Balaban J connectivity index is 2.24. The highest BCUT2D eigenvalue weighted by atomic mass is 16.5. The molecule has 0 amide bonds. The first-order valence-corrected chi connectivity index (χ1v) is 6.35. The van der Waals surface area contributed by atoms with E-state index in [0.29, 0.717) is 12.8 Å². The highest BCUT2D eigenvalue weighted by molar-refractivity contribution is 5.71. The number of terminal acetylenes is 1. The van der Waals surface area contributed by atoms with Crippen LogP contribution in [0.25, 0.3) is 0 Å². The molecule has 18 heavy (non-hydrogen) atoms. The van der Waals surface area contributed by atoms with Crippen LogP contribution in [0.15, 0.2) is 0 Å². The summed E-state index contributed by atoms with van der Waals surface area (Å²) in [7, 11) is 0. The fourth-order valence-corrected chi connectivity index (χ4v) is 3.36. The van der Waals surface area contributed by atoms with Crippen LogP contribution in [0.4, 0.5) is 0 Å². The van der Waals surface area contributed by atoms with Crippen molar-refractivity contribution < 1.29 is 19.4 Å². The van der Waals surface area contributed by atoms with E-state index in [2.05, 4.69) is 5.92 Å². The summed E-state index contributed by atoms with van der Waals surface area (Å²) < 4.78 is 5.34. The van der Waals surface area contributed by atoms with Crippen LogP contribution in [0.2, 0.25) is 0 Å². The SMILES string of the molecule is C#C[C@@]1(C)CC[C@H]2OC(=O)CC[C@H]2[C@@H]1CC(=O)O. The highest BCUT2D eigenvalue weighted by Gasteiger charge is 2.49. The van der Waals surface area contributed by atoms with E-state index in [1.165, 1.54) is 0 Å². The summed E-state index contributed by atoms with van der Waals surface area (Å²) in [5, 5.41) is 9.06. The van der Waals surface area contributed by atoms with Crippen molar-refractivity contribution >= 4 is 11.9 Å². The average molecular weight is 250 g/mol. The number of rotatable bonds is 2. The number of esters is 1. The summed E-state index contributed by atoms with van der Waals surface area (Å²) in [6.45, 7) is 1.95. The van der Waals surface area contributed by atoms with Gasteiger partial charge in [0, 0.05) is 24.2 Å². The lowest BCUT2D eigenvalue weighted by molar-refractivity contribution is -0.169. The van der Waals surface area contributed by atoms with Gasteiger partial charge in [0.1, 0.15) is 6.10 Å². The van der Waals surface area contributed by atoms with Gasteiger partial charge in [0.25, 0.3) is 0 Å². The maximum absolute atomic E-state index is 11.3. The lowest BCUT2D eigenvalue weighted by Gasteiger charge is -2.48. The van der Waals surface area contributed by atoms with Crippen molar-refractivity contribution in [2.24, 2.45) is 17.3 Å². The zero-order chi connectivity index (χ0) is 13.3. The molecule has 0 aromatic heterocycles. The van der Waals surface area contributed by atoms with Crippen molar-refractivity contribution in [2.45, 2.75) is 45.1 Å². The van der Waals surface area contributed by atoms with Crippen LogP contribution < -0.4 is 0 Å². The van der Waals surface area contributed by atoms with Gasteiger partial charge in [-0.05, 0) is 32.1 Å². The van der Waals surface area contributed by atoms with Crippen LogP contribution >= 0.6 is 0 Å². The minimum atomic E-state index is -0.834. The van der Waals surface area contributed by atoms with Crippen LogP contribution in [0.1, 0.15) is 39.0 Å². The van der Waals surface area contributed by atoms with Crippen LogP contribution in [-0.2, 0) is 14.3 Å². The lowest BCUT2D eigenvalue weighted by Crippen LogP contribution is -2.48. The fraction of sp³-hybridized carbons (Fsp3) is 0.714. The number of hydrogen-bond acceptors (Lipinski definition) is 3. The Morgan fingerprint density at radius 1 is 1.61 bits per heavy atom. The Labute approximate surface area is 107 Å². The van der Waals surface area contributed by atoms with Gasteiger partial charge in [-0.3, -0.25) is 9.59 Å². The van der Waals surface area contributed by atoms with Gasteiger partial charge in [-0.2, -0.15) is 0 Å². The monoisotopic (exact) mass is 250 g/mol. The Morgan fingerprint density at radius 2 is 2.33 bits per heavy atom.